The van der Waals surface area contributed by atoms with E-state index in [0.717, 1.165) is 0 Å². The molecule has 42 heavy (non-hydrogen) atoms. The molecule has 1 aliphatic heterocycles. The number of rotatable bonds is 10. The topological polar surface area (TPSA) is 170 Å². The number of likely N-dealkylation sites (tertiary alicyclic amines) is 1. The minimum Gasteiger partial charge on any atom is -0.453 e. The van der Waals surface area contributed by atoms with Crippen molar-refractivity contribution in [3.05, 3.63) is 41.9 Å². The maximum absolute atomic E-state index is 13.5. The average Bonchev–Trinajstić information content (AvgIpc) is 3.73. The summed E-state index contributed by atoms with van der Waals surface area (Å²) in [5, 5.41) is 13.5. The van der Waals surface area contributed by atoms with Gasteiger partial charge >= 0.3 is 6.09 Å². The molecule has 2 N–H and O–H groups in total. The Hall–Kier alpha value is -4.29. The number of ether oxygens (including phenoxy) is 1. The number of Topliss-reactive ketones (excluding diaryl/α,β-unsaturated/α-hetero) is 1. The molecule has 3 aromatic rings. The van der Waals surface area contributed by atoms with E-state index in [4.69, 9.17) is 8.83 Å². The predicted molar refractivity (Wildman–Crippen MR) is 150 cm³/mol. The smallest absolute Gasteiger partial charge is 0.407 e. The summed E-state index contributed by atoms with van der Waals surface area (Å²) in [5.74, 6) is -1.73. The van der Waals surface area contributed by atoms with Crippen molar-refractivity contribution >= 4 is 34.8 Å². The lowest BCUT2D eigenvalue weighted by Crippen LogP contribution is -2.57. The van der Waals surface area contributed by atoms with Crippen molar-refractivity contribution in [1.82, 2.24) is 30.7 Å². The largest absolute Gasteiger partial charge is 0.453 e. The van der Waals surface area contributed by atoms with E-state index < -0.39 is 41.3 Å². The Balaban J connectivity index is 1.50. The number of carbonyl (C=O) groups is 4. The van der Waals surface area contributed by atoms with E-state index >= 15 is 0 Å². The fourth-order valence-electron chi connectivity index (χ4n) is 4.91. The highest BCUT2D eigenvalue weighted by atomic mass is 16.5. The van der Waals surface area contributed by atoms with E-state index in [2.05, 4.69) is 30.6 Å². The Morgan fingerprint density at radius 1 is 0.976 bits per heavy atom. The highest BCUT2D eigenvalue weighted by Gasteiger charge is 2.41. The van der Waals surface area contributed by atoms with Gasteiger partial charge in [0.1, 0.15) is 23.0 Å². The number of methoxy groups -OCH3 is 1. The number of amides is 3. The first-order valence-electron chi connectivity index (χ1n) is 14.0. The van der Waals surface area contributed by atoms with E-state index in [0.29, 0.717) is 36.4 Å². The van der Waals surface area contributed by atoms with Crippen molar-refractivity contribution in [1.29, 1.82) is 0 Å². The third-order valence-electron chi connectivity index (χ3n) is 7.48. The maximum atomic E-state index is 13.5. The summed E-state index contributed by atoms with van der Waals surface area (Å²) >= 11 is 0. The second-order valence-electron chi connectivity index (χ2n) is 11.7. The SMILES string of the molecule is COC(=O)N[C@H](C(=O)N1CCC[C@H]1C(=O)NC(C(=O)c1nnc(C(C)(C)c2nc3ccccc3o2)o1)C(C)C)C(C)C. The van der Waals surface area contributed by atoms with E-state index in [-0.39, 0.29) is 29.5 Å². The number of ketones is 1. The van der Waals surface area contributed by atoms with E-state index in [1.807, 2.05) is 18.2 Å². The van der Waals surface area contributed by atoms with Crippen molar-refractivity contribution in [2.75, 3.05) is 13.7 Å². The highest BCUT2D eigenvalue weighted by molar-refractivity contribution is 6.00. The van der Waals surface area contributed by atoms with Gasteiger partial charge in [0.05, 0.1) is 13.2 Å². The first-order valence-corrected chi connectivity index (χ1v) is 14.0. The number of nitrogens with zero attached hydrogens (tertiary/aromatic N) is 4. The van der Waals surface area contributed by atoms with Gasteiger partial charge in [-0.3, -0.25) is 14.4 Å². The van der Waals surface area contributed by atoms with Crippen molar-refractivity contribution in [2.45, 2.75) is 77.9 Å². The van der Waals surface area contributed by atoms with Crippen LogP contribution in [0.1, 0.15) is 76.9 Å². The standard InChI is InChI=1S/C29H38N6O7/c1-15(2)20(31-23(37)18-12-10-14-35(18)25(38)21(16(3)4)32-28(39)40-7)22(36)24-33-34-27(42-24)29(5,6)26-30-17-11-8-9-13-19(17)41-26/h8-9,11,13,15-16,18,20-21H,10,12,14H2,1-7H3,(H,31,37)(H,32,39)/t18-,20?,21-/m0/s1. The lowest BCUT2D eigenvalue weighted by Gasteiger charge is -2.31. The number of oxazole rings is 1. The zero-order valence-corrected chi connectivity index (χ0v) is 25.0. The van der Waals surface area contributed by atoms with Gasteiger partial charge in [0, 0.05) is 6.54 Å². The highest BCUT2D eigenvalue weighted by Crippen LogP contribution is 2.32. The fraction of sp³-hybridized carbons (Fsp3) is 0.552. The van der Waals surface area contributed by atoms with Gasteiger partial charge < -0.3 is 29.1 Å². The van der Waals surface area contributed by atoms with Crippen LogP contribution in [0.2, 0.25) is 0 Å². The summed E-state index contributed by atoms with van der Waals surface area (Å²) in [5.41, 5.74) is 0.357. The summed E-state index contributed by atoms with van der Waals surface area (Å²) in [6, 6.07) is 4.68. The van der Waals surface area contributed by atoms with Crippen molar-refractivity contribution in [3.8, 4) is 0 Å². The normalized spacial score (nSPS) is 17.0. The molecule has 2 aromatic heterocycles. The molecule has 3 heterocycles. The molecule has 1 aliphatic rings. The van der Waals surface area contributed by atoms with Gasteiger partial charge in [0.15, 0.2) is 5.58 Å². The number of alkyl carbamates (subject to hydrolysis) is 1. The number of hydrogen-bond donors (Lipinski definition) is 2. The zero-order valence-electron chi connectivity index (χ0n) is 25.0. The minimum atomic E-state index is -0.982. The van der Waals surface area contributed by atoms with Crippen molar-refractivity contribution in [2.24, 2.45) is 11.8 Å². The van der Waals surface area contributed by atoms with Gasteiger partial charge in [-0.2, -0.15) is 0 Å². The Morgan fingerprint density at radius 2 is 1.67 bits per heavy atom. The van der Waals surface area contributed by atoms with Crippen LogP contribution in [-0.2, 0) is 19.7 Å². The minimum absolute atomic E-state index is 0.136. The second-order valence-corrected chi connectivity index (χ2v) is 11.7. The Morgan fingerprint density at radius 3 is 2.31 bits per heavy atom. The molecule has 13 nitrogen and oxygen atoms in total. The van der Waals surface area contributed by atoms with E-state index in [1.165, 1.54) is 12.0 Å². The summed E-state index contributed by atoms with van der Waals surface area (Å²) < 4.78 is 16.4. The van der Waals surface area contributed by atoms with Crippen molar-refractivity contribution in [3.63, 3.8) is 0 Å². The number of carbonyl (C=O) groups excluding carboxylic acids is 4. The number of nitrogens with one attached hydrogen (secondary N) is 2. The Bertz CT molecular complexity index is 1430. The Labute approximate surface area is 243 Å². The molecule has 3 amide bonds. The predicted octanol–water partition coefficient (Wildman–Crippen LogP) is 3.23. The molecule has 226 valence electrons. The van der Waals surface area contributed by atoms with E-state index in [1.54, 1.807) is 47.6 Å². The van der Waals surface area contributed by atoms with Gasteiger partial charge in [-0.1, -0.05) is 39.8 Å². The van der Waals surface area contributed by atoms with Crippen LogP contribution in [0, 0.1) is 11.8 Å². The lowest BCUT2D eigenvalue weighted by atomic mass is 9.93. The molecule has 0 radical (unpaired) electrons. The van der Waals surface area contributed by atoms with Crippen LogP contribution in [-0.4, -0.2) is 75.6 Å². The summed E-state index contributed by atoms with van der Waals surface area (Å²) in [7, 11) is 1.22. The average molecular weight is 583 g/mol. The molecule has 1 saturated heterocycles. The molecule has 4 rings (SSSR count). The van der Waals surface area contributed by atoms with Crippen LogP contribution in [0.3, 0.4) is 0 Å². The number of aromatic nitrogens is 3. The number of benzene rings is 1. The lowest BCUT2D eigenvalue weighted by molar-refractivity contribution is -0.141. The van der Waals surface area contributed by atoms with Gasteiger partial charge in [0.2, 0.25) is 29.4 Å². The molecule has 13 heteroatoms. The number of fused-ring (bicyclic) bond motifs is 1. The molecule has 3 atom stereocenters. The summed E-state index contributed by atoms with van der Waals surface area (Å²) in [4.78, 5) is 58.2. The summed E-state index contributed by atoms with van der Waals surface area (Å²) in [6.45, 7) is 11.1. The van der Waals surface area contributed by atoms with Gasteiger partial charge in [-0.25, -0.2) is 9.78 Å². The van der Waals surface area contributed by atoms with Gasteiger partial charge in [-0.05, 0) is 50.7 Å². The van der Waals surface area contributed by atoms with Crippen LogP contribution < -0.4 is 10.6 Å². The molecule has 0 saturated carbocycles. The van der Waals surface area contributed by atoms with Crippen LogP contribution >= 0.6 is 0 Å². The molecule has 0 spiro atoms. The van der Waals surface area contributed by atoms with Gasteiger partial charge in [0.25, 0.3) is 5.89 Å². The summed E-state index contributed by atoms with van der Waals surface area (Å²) in [6.07, 6.45) is 0.291. The quantitative estimate of drug-likeness (QED) is 0.338. The third-order valence-corrected chi connectivity index (χ3v) is 7.48. The van der Waals surface area contributed by atoms with E-state index in [9.17, 15) is 19.2 Å². The van der Waals surface area contributed by atoms with Gasteiger partial charge in [-0.15, -0.1) is 10.2 Å². The maximum Gasteiger partial charge on any atom is 0.407 e. The molecular formula is C29H38N6O7. The monoisotopic (exact) mass is 582 g/mol. The number of para-hydroxylation sites is 2. The second kappa shape index (κ2) is 12.3. The third kappa shape index (κ3) is 6.14. The van der Waals surface area contributed by atoms with Crippen LogP contribution in [0.25, 0.3) is 11.1 Å². The van der Waals surface area contributed by atoms with Crippen molar-refractivity contribution < 1.29 is 32.7 Å². The first-order chi connectivity index (χ1) is 19.8. The fourth-order valence-corrected chi connectivity index (χ4v) is 4.91. The first kappa shape index (κ1) is 30.7. The molecule has 1 unspecified atom stereocenters. The molecule has 0 aliphatic carbocycles. The van der Waals surface area contributed by atoms with Crippen LogP contribution in [0.5, 0.6) is 0 Å². The molecule has 1 aromatic carbocycles. The molecule has 1 fully saturated rings. The Kier molecular flexibility index (Phi) is 8.97. The zero-order chi connectivity index (χ0) is 30.8. The molecule has 0 bridgehead atoms. The molecular weight excluding hydrogens is 544 g/mol. The van der Waals surface area contributed by atoms with Crippen LogP contribution in [0.4, 0.5) is 4.79 Å². The van der Waals surface area contributed by atoms with Crippen LogP contribution in [0.15, 0.2) is 33.1 Å². The number of hydrogen-bond acceptors (Lipinski definition) is 10.